The highest BCUT2D eigenvalue weighted by Gasteiger charge is 2.34. The molecule has 0 spiro atoms. The fraction of sp³-hybridized carbons (Fsp3) is 0.550. The van der Waals surface area contributed by atoms with Gasteiger partial charge in [-0.2, -0.15) is 0 Å². The Kier molecular flexibility index (Phi) is 11.1. The minimum absolute atomic E-state index is 0. The van der Waals surface area contributed by atoms with Crippen molar-refractivity contribution in [3.8, 4) is 0 Å². The molecule has 1 aliphatic rings. The van der Waals surface area contributed by atoms with E-state index in [1.165, 1.54) is 16.7 Å². The summed E-state index contributed by atoms with van der Waals surface area (Å²) in [6.45, 7) is 3.68. The van der Waals surface area contributed by atoms with Crippen molar-refractivity contribution in [3.05, 3.63) is 24.3 Å². The van der Waals surface area contributed by atoms with Gasteiger partial charge in [0.15, 0.2) is 0 Å². The first-order chi connectivity index (χ1) is 13.5. The number of unbranched alkanes of at least 4 members (excludes halogenated alkanes) is 2. The number of fused-ring (bicyclic) bond motifs is 1. The van der Waals surface area contributed by atoms with Gasteiger partial charge in [-0.15, -0.1) is 24.2 Å². The number of carboxylic acids is 1. The molecule has 2 unspecified atom stereocenters. The summed E-state index contributed by atoms with van der Waals surface area (Å²) in [6, 6.07) is 5.99. The van der Waals surface area contributed by atoms with Gasteiger partial charge in [-0.05, 0) is 25.5 Å². The topological polar surface area (TPSA) is 95.9 Å². The zero-order chi connectivity index (χ0) is 20.5. The van der Waals surface area contributed by atoms with Gasteiger partial charge in [0.05, 0.1) is 18.3 Å². The van der Waals surface area contributed by atoms with Crippen molar-refractivity contribution < 1.29 is 24.2 Å². The third-order valence-corrected chi connectivity index (χ3v) is 5.65. The molecule has 0 fully saturated rings. The Morgan fingerprint density at radius 1 is 1.31 bits per heavy atom. The first-order valence-corrected chi connectivity index (χ1v) is 10.6. The maximum absolute atomic E-state index is 13.1. The van der Waals surface area contributed by atoms with E-state index in [1.54, 1.807) is 19.1 Å². The number of benzene rings is 1. The number of esters is 1. The summed E-state index contributed by atoms with van der Waals surface area (Å²) in [5.74, 6) is -1.39. The molecule has 2 atom stereocenters. The van der Waals surface area contributed by atoms with E-state index in [0.717, 1.165) is 24.2 Å². The predicted octanol–water partition coefficient (Wildman–Crippen LogP) is 3.10. The highest BCUT2D eigenvalue weighted by Crippen LogP contribution is 2.34. The molecule has 162 valence electrons. The number of nitrogens with one attached hydrogen (secondary N) is 1. The highest BCUT2D eigenvalue weighted by atomic mass is 35.5. The molecule has 1 amide bonds. The first-order valence-electron chi connectivity index (χ1n) is 9.65. The van der Waals surface area contributed by atoms with E-state index in [1.807, 2.05) is 12.1 Å². The molecule has 0 saturated heterocycles. The lowest BCUT2D eigenvalue weighted by Crippen LogP contribution is -2.54. The van der Waals surface area contributed by atoms with Gasteiger partial charge < -0.3 is 9.84 Å². The zero-order valence-electron chi connectivity index (χ0n) is 16.8. The Labute approximate surface area is 182 Å². The lowest BCUT2D eigenvalue weighted by atomic mass is 10.1. The van der Waals surface area contributed by atoms with Crippen molar-refractivity contribution in [3.63, 3.8) is 0 Å². The number of carbonyl (C=O) groups is 3. The number of hydrogen-bond donors (Lipinski definition) is 2. The third-order valence-electron chi connectivity index (χ3n) is 4.49. The molecular weight excluding hydrogens is 416 g/mol. The molecule has 0 aromatic heterocycles. The molecule has 29 heavy (non-hydrogen) atoms. The van der Waals surface area contributed by atoms with Crippen LogP contribution < -0.4 is 10.2 Å². The maximum Gasteiger partial charge on any atom is 0.323 e. The molecule has 1 aromatic carbocycles. The average Bonchev–Trinajstić information content (AvgIpc) is 2.79. The summed E-state index contributed by atoms with van der Waals surface area (Å²) in [7, 11) is 0. The first kappa shape index (κ1) is 25.3. The molecular formula is C20H29ClN2O5S. The van der Waals surface area contributed by atoms with E-state index in [2.05, 4.69) is 12.2 Å². The number of ether oxygens (including phenoxy) is 1. The number of halogens is 1. The second-order valence-electron chi connectivity index (χ2n) is 6.62. The Balaban J connectivity index is 0.00000420. The number of hydrogen-bond acceptors (Lipinski definition) is 6. The fourth-order valence-electron chi connectivity index (χ4n) is 3.12. The second-order valence-corrected chi connectivity index (χ2v) is 7.68. The Bertz CT molecular complexity index is 703. The minimum Gasteiger partial charge on any atom is -0.480 e. The summed E-state index contributed by atoms with van der Waals surface area (Å²) < 4.78 is 5.17. The van der Waals surface area contributed by atoms with Crippen molar-refractivity contribution in [1.82, 2.24) is 5.32 Å². The van der Waals surface area contributed by atoms with Gasteiger partial charge in [0.25, 0.3) is 0 Å². The molecule has 9 heteroatoms. The molecule has 0 saturated carbocycles. The molecule has 1 aromatic rings. The van der Waals surface area contributed by atoms with Gasteiger partial charge in [0, 0.05) is 10.6 Å². The monoisotopic (exact) mass is 444 g/mol. The van der Waals surface area contributed by atoms with Gasteiger partial charge in [0.2, 0.25) is 5.91 Å². The number of carboxylic acid groups (broad SMARTS) is 1. The van der Waals surface area contributed by atoms with Crippen molar-refractivity contribution in [1.29, 1.82) is 0 Å². The summed E-state index contributed by atoms with van der Waals surface area (Å²) in [5, 5.41) is 12.4. The Hall–Kier alpha value is -1.77. The smallest absolute Gasteiger partial charge is 0.323 e. The number of anilines is 1. The van der Waals surface area contributed by atoms with E-state index in [4.69, 9.17) is 4.74 Å². The third kappa shape index (κ3) is 7.21. The quantitative estimate of drug-likeness (QED) is 0.422. The van der Waals surface area contributed by atoms with Gasteiger partial charge in [-0.25, -0.2) is 0 Å². The summed E-state index contributed by atoms with van der Waals surface area (Å²) in [5.41, 5.74) is 0.586. The van der Waals surface area contributed by atoms with Crippen LogP contribution in [0.15, 0.2) is 29.2 Å². The van der Waals surface area contributed by atoms with Gasteiger partial charge >= 0.3 is 11.9 Å². The van der Waals surface area contributed by atoms with Crippen LogP contribution in [0.3, 0.4) is 0 Å². The van der Waals surface area contributed by atoms with E-state index in [-0.39, 0.29) is 30.9 Å². The summed E-state index contributed by atoms with van der Waals surface area (Å²) in [4.78, 5) is 39.0. The number of thioether (sulfide) groups is 1. The molecule has 1 aliphatic heterocycles. The van der Waals surface area contributed by atoms with E-state index in [9.17, 15) is 19.5 Å². The van der Waals surface area contributed by atoms with Crippen LogP contribution in [0.25, 0.3) is 0 Å². The predicted molar refractivity (Wildman–Crippen MR) is 116 cm³/mol. The van der Waals surface area contributed by atoms with Crippen LogP contribution in [-0.4, -0.2) is 53.9 Å². The molecule has 1 heterocycles. The highest BCUT2D eigenvalue weighted by molar-refractivity contribution is 7.99. The van der Waals surface area contributed by atoms with E-state index in [0.29, 0.717) is 17.9 Å². The van der Waals surface area contributed by atoms with Crippen molar-refractivity contribution >= 4 is 47.7 Å². The summed E-state index contributed by atoms with van der Waals surface area (Å²) >= 11 is 1.48. The van der Waals surface area contributed by atoms with Gasteiger partial charge in [-0.3, -0.25) is 24.6 Å². The zero-order valence-corrected chi connectivity index (χ0v) is 18.4. The van der Waals surface area contributed by atoms with Crippen LogP contribution in [0.5, 0.6) is 0 Å². The number of para-hydroxylation sites is 1. The van der Waals surface area contributed by atoms with Crippen LogP contribution in [0.4, 0.5) is 5.69 Å². The normalized spacial score (nSPS) is 17.0. The van der Waals surface area contributed by atoms with Crippen LogP contribution >= 0.6 is 24.2 Å². The van der Waals surface area contributed by atoms with Gasteiger partial charge in [0.1, 0.15) is 12.6 Å². The number of aliphatic carboxylic acids is 1. The SMILES string of the molecule is CCCCCC(NC1CSc2ccccc2N(CC(=O)O)C1=O)C(=O)OCC.Cl. The molecule has 2 rings (SSSR count). The van der Waals surface area contributed by atoms with Crippen molar-refractivity contribution in [2.45, 2.75) is 56.5 Å². The number of rotatable bonds is 10. The average molecular weight is 445 g/mol. The minimum atomic E-state index is -1.08. The van der Waals surface area contributed by atoms with Crippen LogP contribution in [0, 0.1) is 0 Å². The number of amides is 1. The fourth-order valence-corrected chi connectivity index (χ4v) is 4.21. The molecule has 0 bridgehead atoms. The Morgan fingerprint density at radius 2 is 2.03 bits per heavy atom. The van der Waals surface area contributed by atoms with Crippen molar-refractivity contribution in [2.24, 2.45) is 0 Å². The standard InChI is InChI=1S/C20H28N2O5S.ClH/c1-3-5-6-9-14(20(26)27-4-2)21-15-13-28-17-11-8-7-10-16(17)22(19(15)25)12-18(23)24;/h7-8,10-11,14-15,21H,3-6,9,12-13H2,1-2H3,(H,23,24);1H. The van der Waals surface area contributed by atoms with E-state index < -0.39 is 24.6 Å². The van der Waals surface area contributed by atoms with Gasteiger partial charge in [-0.1, -0.05) is 38.3 Å². The molecule has 2 N–H and O–H groups in total. The molecule has 0 radical (unpaired) electrons. The summed E-state index contributed by atoms with van der Waals surface area (Å²) in [6.07, 6.45) is 3.43. The van der Waals surface area contributed by atoms with Crippen LogP contribution in [0.2, 0.25) is 0 Å². The van der Waals surface area contributed by atoms with E-state index >= 15 is 0 Å². The van der Waals surface area contributed by atoms with Crippen LogP contribution in [-0.2, 0) is 19.1 Å². The molecule has 7 nitrogen and oxygen atoms in total. The lowest BCUT2D eigenvalue weighted by molar-refractivity contribution is -0.146. The maximum atomic E-state index is 13.1. The second kappa shape index (κ2) is 12.7. The lowest BCUT2D eigenvalue weighted by Gasteiger charge is -2.27. The number of carbonyl (C=O) groups excluding carboxylic acids is 2. The van der Waals surface area contributed by atoms with Crippen molar-refractivity contribution in [2.75, 3.05) is 23.8 Å². The Morgan fingerprint density at radius 3 is 2.69 bits per heavy atom. The molecule has 0 aliphatic carbocycles. The van der Waals surface area contributed by atoms with Crippen LogP contribution in [0.1, 0.15) is 39.5 Å². The number of nitrogens with zero attached hydrogens (tertiary/aromatic N) is 1. The largest absolute Gasteiger partial charge is 0.480 e.